The first-order valence-corrected chi connectivity index (χ1v) is 6.96. The van der Waals surface area contributed by atoms with E-state index in [9.17, 15) is 22.0 Å². The highest BCUT2D eigenvalue weighted by Crippen LogP contribution is 2.17. The Labute approximate surface area is 115 Å². The molecule has 0 bridgehead atoms. The number of esters is 1. The minimum absolute atomic E-state index is 0.153. The summed E-state index contributed by atoms with van der Waals surface area (Å²) in [5, 5.41) is 0. The number of carbonyl (C=O) groups excluding carboxylic acids is 1. The monoisotopic (exact) mass is 308 g/mol. The minimum Gasteiger partial charge on any atom is -0.469 e. The van der Waals surface area contributed by atoms with Gasteiger partial charge in [0.1, 0.15) is 11.6 Å². The molecule has 1 N–H and O–H groups in total. The Morgan fingerprint density at radius 3 is 2.65 bits per heavy atom. The number of hydrogen-bond donors (Lipinski definition) is 1. The Kier molecular flexibility index (Phi) is 5.40. The number of anilines is 1. The zero-order valence-corrected chi connectivity index (χ0v) is 11.7. The second-order valence-electron chi connectivity index (χ2n) is 3.88. The predicted octanol–water partition coefficient (Wildman–Crippen LogP) is 1.12. The molecule has 1 aromatic rings. The van der Waals surface area contributed by atoms with Gasteiger partial charge in [-0.15, -0.1) is 0 Å². The van der Waals surface area contributed by atoms with Crippen molar-refractivity contribution in [2.24, 2.45) is 0 Å². The highest BCUT2D eigenvalue weighted by Gasteiger charge is 2.20. The lowest BCUT2D eigenvalue weighted by atomic mass is 10.3. The zero-order chi connectivity index (χ0) is 15.3. The molecule has 0 unspecified atom stereocenters. The Hall–Kier alpha value is -1.74. The number of ether oxygens (including phenoxy) is 1. The third kappa shape index (κ3) is 4.42. The maximum atomic E-state index is 13.3. The van der Waals surface area contributed by atoms with Crippen LogP contribution in [0.4, 0.5) is 14.5 Å². The van der Waals surface area contributed by atoms with Crippen LogP contribution in [0.2, 0.25) is 0 Å². The normalized spacial score (nSPS) is 11.4. The van der Waals surface area contributed by atoms with E-state index >= 15 is 0 Å². The molecule has 0 aliphatic rings. The second-order valence-corrected chi connectivity index (χ2v) is 5.66. The van der Waals surface area contributed by atoms with Gasteiger partial charge in [0.2, 0.25) is 0 Å². The number of carbonyl (C=O) groups is 1. The van der Waals surface area contributed by atoms with Crippen LogP contribution in [0, 0.1) is 11.6 Å². The van der Waals surface area contributed by atoms with Gasteiger partial charge in [-0.2, -0.15) is 12.7 Å². The smallest absolute Gasteiger partial charge is 0.306 e. The second kappa shape index (κ2) is 6.62. The van der Waals surface area contributed by atoms with Gasteiger partial charge in [0.05, 0.1) is 19.2 Å². The molecular formula is C11H14F2N2O4S. The lowest BCUT2D eigenvalue weighted by Gasteiger charge is -2.18. The molecule has 0 radical (unpaired) electrons. The average molecular weight is 308 g/mol. The summed E-state index contributed by atoms with van der Waals surface area (Å²) in [6.07, 6.45) is -0.153. The van der Waals surface area contributed by atoms with Gasteiger partial charge >= 0.3 is 16.2 Å². The summed E-state index contributed by atoms with van der Waals surface area (Å²) in [4.78, 5) is 10.9. The van der Waals surface area contributed by atoms with E-state index < -0.39 is 33.5 Å². The molecule has 0 aliphatic heterocycles. The molecule has 1 aromatic carbocycles. The van der Waals surface area contributed by atoms with Crippen molar-refractivity contribution in [1.29, 1.82) is 0 Å². The predicted molar refractivity (Wildman–Crippen MR) is 68.2 cm³/mol. The summed E-state index contributed by atoms with van der Waals surface area (Å²) in [7, 11) is -1.71. The molecule has 0 fully saturated rings. The fourth-order valence-electron chi connectivity index (χ4n) is 1.26. The van der Waals surface area contributed by atoms with Crippen molar-refractivity contribution in [1.82, 2.24) is 4.31 Å². The summed E-state index contributed by atoms with van der Waals surface area (Å²) >= 11 is 0. The molecule has 112 valence electrons. The summed E-state index contributed by atoms with van der Waals surface area (Å²) in [5.41, 5.74) is -0.505. The molecule has 9 heteroatoms. The van der Waals surface area contributed by atoms with Gasteiger partial charge in [-0.1, -0.05) is 0 Å². The van der Waals surface area contributed by atoms with Crippen molar-refractivity contribution in [3.05, 3.63) is 29.8 Å². The molecule has 6 nitrogen and oxygen atoms in total. The van der Waals surface area contributed by atoms with Crippen LogP contribution in [-0.4, -0.2) is 39.4 Å². The molecule has 0 aromatic heterocycles. The third-order valence-corrected chi connectivity index (χ3v) is 3.92. The lowest BCUT2D eigenvalue weighted by Crippen LogP contribution is -2.34. The van der Waals surface area contributed by atoms with E-state index in [4.69, 9.17) is 0 Å². The number of halogens is 2. The number of rotatable bonds is 6. The van der Waals surface area contributed by atoms with E-state index in [1.165, 1.54) is 14.2 Å². The molecule has 0 spiro atoms. The third-order valence-electron chi connectivity index (χ3n) is 2.44. The van der Waals surface area contributed by atoms with Crippen molar-refractivity contribution < 1.29 is 26.7 Å². The van der Waals surface area contributed by atoms with Crippen LogP contribution in [0.5, 0.6) is 0 Å². The van der Waals surface area contributed by atoms with Crippen LogP contribution < -0.4 is 4.72 Å². The number of hydrogen-bond acceptors (Lipinski definition) is 4. The fraction of sp³-hybridized carbons (Fsp3) is 0.364. The van der Waals surface area contributed by atoms with E-state index in [0.717, 1.165) is 22.5 Å². The van der Waals surface area contributed by atoms with Crippen molar-refractivity contribution in [3.8, 4) is 0 Å². The van der Waals surface area contributed by atoms with Crippen LogP contribution in [0.15, 0.2) is 18.2 Å². The van der Waals surface area contributed by atoms with Gasteiger partial charge in [0, 0.05) is 19.7 Å². The van der Waals surface area contributed by atoms with Gasteiger partial charge in [0.25, 0.3) is 0 Å². The molecule has 1 rings (SSSR count). The largest absolute Gasteiger partial charge is 0.469 e. The lowest BCUT2D eigenvalue weighted by molar-refractivity contribution is -0.140. The average Bonchev–Trinajstić information content (AvgIpc) is 2.39. The van der Waals surface area contributed by atoms with E-state index in [2.05, 4.69) is 4.74 Å². The van der Waals surface area contributed by atoms with E-state index in [1.54, 1.807) is 0 Å². The number of nitrogens with one attached hydrogen (secondary N) is 1. The van der Waals surface area contributed by atoms with Crippen LogP contribution in [-0.2, 0) is 19.7 Å². The molecule has 0 saturated heterocycles. The summed E-state index contributed by atoms with van der Waals surface area (Å²) < 4.78 is 57.0. The van der Waals surface area contributed by atoms with Crippen LogP contribution in [0.1, 0.15) is 6.42 Å². The fourth-order valence-corrected chi connectivity index (χ4v) is 2.19. The van der Waals surface area contributed by atoms with Crippen molar-refractivity contribution in [3.63, 3.8) is 0 Å². The van der Waals surface area contributed by atoms with E-state index in [1.807, 2.05) is 4.72 Å². The SMILES string of the molecule is COC(=O)CCN(C)S(=O)(=O)Nc1cc(F)ccc1F. The van der Waals surface area contributed by atoms with Crippen molar-refractivity contribution >= 4 is 21.9 Å². The Morgan fingerprint density at radius 2 is 2.05 bits per heavy atom. The topological polar surface area (TPSA) is 75.7 Å². The standard InChI is InChI=1S/C11H14F2N2O4S/c1-15(6-5-11(16)19-2)20(17,18)14-10-7-8(12)3-4-9(10)13/h3-4,7,14H,5-6H2,1-2H3. The van der Waals surface area contributed by atoms with Crippen molar-refractivity contribution in [2.75, 3.05) is 25.4 Å². The van der Waals surface area contributed by atoms with Gasteiger partial charge in [-0.3, -0.25) is 9.52 Å². The highest BCUT2D eigenvalue weighted by molar-refractivity contribution is 7.90. The molecule has 0 heterocycles. The Morgan fingerprint density at radius 1 is 1.40 bits per heavy atom. The van der Waals surface area contributed by atoms with E-state index in [-0.39, 0.29) is 13.0 Å². The Bertz CT molecular complexity index is 592. The number of nitrogens with zero attached hydrogens (tertiary/aromatic N) is 1. The molecule has 0 saturated carbocycles. The summed E-state index contributed by atoms with van der Waals surface area (Å²) in [5.74, 6) is -2.26. The molecule has 0 amide bonds. The van der Waals surface area contributed by atoms with Gasteiger partial charge < -0.3 is 4.74 Å². The first-order valence-electron chi connectivity index (χ1n) is 5.52. The van der Waals surface area contributed by atoms with Gasteiger partial charge in [-0.25, -0.2) is 8.78 Å². The molecule has 0 aliphatic carbocycles. The van der Waals surface area contributed by atoms with Crippen LogP contribution >= 0.6 is 0 Å². The van der Waals surface area contributed by atoms with Crippen LogP contribution in [0.3, 0.4) is 0 Å². The van der Waals surface area contributed by atoms with Crippen LogP contribution in [0.25, 0.3) is 0 Å². The maximum Gasteiger partial charge on any atom is 0.306 e. The van der Waals surface area contributed by atoms with Gasteiger partial charge in [0.15, 0.2) is 0 Å². The quantitative estimate of drug-likeness (QED) is 0.799. The highest BCUT2D eigenvalue weighted by atomic mass is 32.2. The summed E-state index contributed by atoms with van der Waals surface area (Å²) in [6.45, 7) is -0.154. The first-order chi connectivity index (χ1) is 9.26. The number of benzene rings is 1. The maximum absolute atomic E-state index is 13.3. The molecular weight excluding hydrogens is 294 g/mol. The van der Waals surface area contributed by atoms with Crippen molar-refractivity contribution in [2.45, 2.75) is 6.42 Å². The Balaban J connectivity index is 2.78. The zero-order valence-electron chi connectivity index (χ0n) is 10.9. The molecule has 20 heavy (non-hydrogen) atoms. The minimum atomic E-state index is -4.09. The molecule has 0 atom stereocenters. The number of methoxy groups -OCH3 is 1. The van der Waals surface area contributed by atoms with E-state index in [0.29, 0.717) is 0 Å². The first kappa shape index (κ1) is 16.3. The summed E-state index contributed by atoms with van der Waals surface area (Å²) in [6, 6.07) is 2.40. The van der Waals surface area contributed by atoms with Gasteiger partial charge in [-0.05, 0) is 12.1 Å².